The van der Waals surface area contributed by atoms with Crippen LogP contribution in [0.1, 0.15) is 38.2 Å². The maximum atomic E-state index is 11.1. The van der Waals surface area contributed by atoms with Crippen molar-refractivity contribution < 1.29 is 13.2 Å². The van der Waals surface area contributed by atoms with Gasteiger partial charge < -0.3 is 10.1 Å². The SMILES string of the molecule is CCO[C@H]1C[C@@H](Nc2ccc(CNS(C)(=O)=O)cc2)C12CCC2. The van der Waals surface area contributed by atoms with Crippen molar-refractivity contribution in [1.29, 1.82) is 0 Å². The van der Waals surface area contributed by atoms with Gasteiger partial charge in [-0.1, -0.05) is 18.6 Å². The number of nitrogens with one attached hydrogen (secondary N) is 2. The minimum Gasteiger partial charge on any atom is -0.382 e. The van der Waals surface area contributed by atoms with Gasteiger partial charge in [0.25, 0.3) is 0 Å². The highest BCUT2D eigenvalue weighted by Gasteiger charge is 2.58. The van der Waals surface area contributed by atoms with E-state index in [0.717, 1.165) is 24.3 Å². The Hall–Kier alpha value is -1.11. The number of sulfonamides is 1. The first kappa shape index (κ1) is 16.7. The molecule has 2 aliphatic carbocycles. The molecule has 1 spiro atoms. The van der Waals surface area contributed by atoms with Crippen LogP contribution in [0.4, 0.5) is 5.69 Å². The lowest BCUT2D eigenvalue weighted by Crippen LogP contribution is -2.64. The molecule has 2 fully saturated rings. The number of anilines is 1. The van der Waals surface area contributed by atoms with Gasteiger partial charge in [0.05, 0.1) is 12.4 Å². The third-order valence-electron chi connectivity index (χ3n) is 5.27. The van der Waals surface area contributed by atoms with E-state index in [9.17, 15) is 8.42 Å². The summed E-state index contributed by atoms with van der Waals surface area (Å²) in [6, 6.07) is 8.48. The molecule has 2 saturated carbocycles. The van der Waals surface area contributed by atoms with E-state index in [4.69, 9.17) is 4.74 Å². The zero-order valence-electron chi connectivity index (χ0n) is 13.8. The Kier molecular flexibility index (Phi) is 4.67. The summed E-state index contributed by atoms with van der Waals surface area (Å²) in [4.78, 5) is 0. The van der Waals surface area contributed by atoms with E-state index in [1.165, 1.54) is 25.5 Å². The predicted octanol–water partition coefficient (Wildman–Crippen LogP) is 2.50. The third-order valence-corrected chi connectivity index (χ3v) is 5.94. The van der Waals surface area contributed by atoms with Crippen molar-refractivity contribution in [3.63, 3.8) is 0 Å². The van der Waals surface area contributed by atoms with Gasteiger partial charge in [0, 0.05) is 30.3 Å². The Labute approximate surface area is 138 Å². The van der Waals surface area contributed by atoms with E-state index in [-0.39, 0.29) is 0 Å². The molecule has 5 nitrogen and oxygen atoms in total. The molecule has 1 aromatic rings. The smallest absolute Gasteiger partial charge is 0.209 e. The summed E-state index contributed by atoms with van der Waals surface area (Å²) >= 11 is 0. The second kappa shape index (κ2) is 6.42. The molecular weight excluding hydrogens is 312 g/mol. The van der Waals surface area contributed by atoms with Crippen LogP contribution in [0, 0.1) is 5.41 Å². The van der Waals surface area contributed by atoms with Crippen molar-refractivity contribution in [3.05, 3.63) is 29.8 Å². The third kappa shape index (κ3) is 3.54. The quantitative estimate of drug-likeness (QED) is 0.801. The highest BCUT2D eigenvalue weighted by molar-refractivity contribution is 7.88. The molecule has 0 radical (unpaired) electrons. The molecule has 2 atom stereocenters. The van der Waals surface area contributed by atoms with Crippen LogP contribution >= 0.6 is 0 Å². The molecule has 0 aromatic heterocycles. The molecule has 0 heterocycles. The predicted molar refractivity (Wildman–Crippen MR) is 91.9 cm³/mol. The van der Waals surface area contributed by atoms with Gasteiger partial charge in [0.1, 0.15) is 0 Å². The Balaban J connectivity index is 1.57. The van der Waals surface area contributed by atoms with E-state index in [2.05, 4.69) is 17.0 Å². The molecule has 3 rings (SSSR count). The van der Waals surface area contributed by atoms with Crippen molar-refractivity contribution in [3.8, 4) is 0 Å². The van der Waals surface area contributed by atoms with Crippen molar-refractivity contribution in [2.75, 3.05) is 18.2 Å². The summed E-state index contributed by atoms with van der Waals surface area (Å²) in [6.45, 7) is 3.19. The van der Waals surface area contributed by atoms with Gasteiger partial charge in [0.2, 0.25) is 10.0 Å². The Morgan fingerprint density at radius 1 is 1.26 bits per heavy atom. The molecule has 128 valence electrons. The van der Waals surface area contributed by atoms with E-state index in [1.54, 1.807) is 0 Å². The largest absolute Gasteiger partial charge is 0.382 e. The Morgan fingerprint density at radius 2 is 1.96 bits per heavy atom. The van der Waals surface area contributed by atoms with E-state index < -0.39 is 10.0 Å². The Morgan fingerprint density at radius 3 is 2.48 bits per heavy atom. The molecule has 1 aromatic carbocycles. The van der Waals surface area contributed by atoms with Crippen LogP contribution in [-0.4, -0.2) is 33.4 Å². The van der Waals surface area contributed by atoms with Gasteiger partial charge in [-0.15, -0.1) is 0 Å². The monoisotopic (exact) mass is 338 g/mol. The van der Waals surface area contributed by atoms with Crippen LogP contribution in [0.3, 0.4) is 0 Å². The fraction of sp³-hybridized carbons (Fsp3) is 0.647. The highest BCUT2D eigenvalue weighted by atomic mass is 32.2. The maximum absolute atomic E-state index is 11.1. The molecule has 0 bridgehead atoms. The average molecular weight is 338 g/mol. The lowest BCUT2D eigenvalue weighted by Gasteiger charge is -2.61. The van der Waals surface area contributed by atoms with Crippen LogP contribution < -0.4 is 10.0 Å². The maximum Gasteiger partial charge on any atom is 0.209 e. The second-order valence-electron chi connectivity index (χ2n) is 6.75. The van der Waals surface area contributed by atoms with Gasteiger partial charge in [-0.2, -0.15) is 0 Å². The summed E-state index contributed by atoms with van der Waals surface area (Å²) in [7, 11) is -3.15. The minimum absolute atomic E-state index is 0.332. The zero-order valence-corrected chi connectivity index (χ0v) is 14.7. The Bertz CT molecular complexity index is 638. The highest BCUT2D eigenvalue weighted by Crippen LogP contribution is 2.58. The molecule has 2 aliphatic rings. The summed E-state index contributed by atoms with van der Waals surface area (Å²) in [5.41, 5.74) is 2.39. The lowest BCUT2D eigenvalue weighted by molar-refractivity contribution is -0.157. The summed E-state index contributed by atoms with van der Waals surface area (Å²) < 4.78 is 30.6. The van der Waals surface area contributed by atoms with E-state index >= 15 is 0 Å². The van der Waals surface area contributed by atoms with Crippen molar-refractivity contribution in [2.45, 2.75) is 51.3 Å². The summed E-state index contributed by atoms with van der Waals surface area (Å²) in [5.74, 6) is 0. The van der Waals surface area contributed by atoms with Crippen LogP contribution in [0.2, 0.25) is 0 Å². The first-order valence-corrected chi connectivity index (χ1v) is 10.2. The summed E-state index contributed by atoms with van der Waals surface area (Å²) in [5, 5.41) is 3.64. The van der Waals surface area contributed by atoms with Crippen molar-refractivity contribution in [1.82, 2.24) is 4.72 Å². The zero-order chi connectivity index (χ0) is 16.5. The van der Waals surface area contributed by atoms with Gasteiger partial charge in [0.15, 0.2) is 0 Å². The minimum atomic E-state index is -3.15. The molecule has 0 unspecified atom stereocenters. The number of ether oxygens (including phenoxy) is 1. The lowest BCUT2D eigenvalue weighted by atomic mass is 9.51. The van der Waals surface area contributed by atoms with Gasteiger partial charge >= 0.3 is 0 Å². The van der Waals surface area contributed by atoms with Gasteiger partial charge in [-0.05, 0) is 43.9 Å². The number of benzene rings is 1. The van der Waals surface area contributed by atoms with E-state index in [0.29, 0.717) is 24.1 Å². The molecule has 0 aliphatic heterocycles. The van der Waals surface area contributed by atoms with Crippen LogP contribution in [-0.2, 0) is 21.3 Å². The molecule has 23 heavy (non-hydrogen) atoms. The molecule has 2 N–H and O–H groups in total. The average Bonchev–Trinajstić information content (AvgIpc) is 2.42. The van der Waals surface area contributed by atoms with Crippen LogP contribution in [0.5, 0.6) is 0 Å². The topological polar surface area (TPSA) is 67.4 Å². The van der Waals surface area contributed by atoms with E-state index in [1.807, 2.05) is 24.3 Å². The fourth-order valence-electron chi connectivity index (χ4n) is 3.78. The fourth-order valence-corrected chi connectivity index (χ4v) is 4.20. The van der Waals surface area contributed by atoms with Crippen LogP contribution in [0.25, 0.3) is 0 Å². The molecule has 0 amide bonds. The summed E-state index contributed by atoms with van der Waals surface area (Å²) in [6.07, 6.45) is 6.48. The standard InChI is InChI=1S/C17H26N2O3S/c1-3-22-16-11-15(17(16)9-4-10-17)19-14-7-5-13(6-8-14)12-18-23(2,20)21/h5-8,15-16,18-19H,3-4,9-12H2,1-2H3/t15-,16+/m1/s1. The van der Waals surface area contributed by atoms with Gasteiger partial charge in [-0.25, -0.2) is 13.1 Å². The molecular formula is C17H26N2O3S. The molecule has 6 heteroatoms. The first-order chi connectivity index (χ1) is 10.9. The number of rotatable bonds is 7. The van der Waals surface area contributed by atoms with Crippen molar-refractivity contribution in [2.24, 2.45) is 5.41 Å². The van der Waals surface area contributed by atoms with Crippen LogP contribution in [0.15, 0.2) is 24.3 Å². The first-order valence-electron chi connectivity index (χ1n) is 8.35. The number of hydrogen-bond acceptors (Lipinski definition) is 4. The number of hydrogen-bond donors (Lipinski definition) is 2. The van der Waals surface area contributed by atoms with Crippen molar-refractivity contribution >= 4 is 15.7 Å². The normalized spacial score (nSPS) is 25.7. The second-order valence-corrected chi connectivity index (χ2v) is 8.59. The van der Waals surface area contributed by atoms with Gasteiger partial charge in [-0.3, -0.25) is 0 Å². The molecule has 0 saturated heterocycles.